The van der Waals surface area contributed by atoms with Crippen molar-refractivity contribution in [1.29, 1.82) is 0 Å². The molecule has 0 saturated heterocycles. The van der Waals surface area contributed by atoms with Gasteiger partial charge in [-0.05, 0) is 19.1 Å². The highest BCUT2D eigenvalue weighted by Crippen LogP contribution is 2.03. The third kappa shape index (κ3) is 2.57. The molecule has 4 nitrogen and oxygen atoms in total. The highest BCUT2D eigenvalue weighted by molar-refractivity contribution is 5.40. The van der Waals surface area contributed by atoms with Crippen LogP contribution >= 0.6 is 0 Å². The Morgan fingerprint density at radius 2 is 2.08 bits per heavy atom. The van der Waals surface area contributed by atoms with Crippen molar-refractivity contribution < 1.29 is 4.86 Å². The third-order valence-corrected chi connectivity index (χ3v) is 1.33. The maximum atomic E-state index is 10.7. The highest BCUT2D eigenvalue weighted by Gasteiger charge is 1.91. The van der Waals surface area contributed by atoms with Crippen LogP contribution in [0.3, 0.4) is 0 Å². The Labute approximate surface area is 71.1 Å². The molecule has 1 N–H and O–H groups in total. The summed E-state index contributed by atoms with van der Waals surface area (Å²) < 4.78 is 0. The Balaban J connectivity index is 2.54. The fourth-order valence-corrected chi connectivity index (χ4v) is 0.697. The quantitative estimate of drug-likeness (QED) is 0.423. The van der Waals surface area contributed by atoms with Crippen LogP contribution in [0, 0.1) is 5.21 Å². The van der Waals surface area contributed by atoms with E-state index in [0.717, 1.165) is 5.69 Å². The number of hydrogen-bond donors (Lipinski definition) is 1. The van der Waals surface area contributed by atoms with Crippen molar-refractivity contribution in [3.63, 3.8) is 0 Å². The fourth-order valence-electron chi connectivity index (χ4n) is 0.697. The molecule has 0 aliphatic rings. The SMILES string of the molecule is CC[N+]([O-])=NNc1ccccc1. The Morgan fingerprint density at radius 3 is 2.67 bits per heavy atom. The van der Waals surface area contributed by atoms with Crippen LogP contribution in [-0.2, 0) is 0 Å². The van der Waals surface area contributed by atoms with Crippen LogP contribution in [0.5, 0.6) is 0 Å². The number of nitrogens with zero attached hydrogens (tertiary/aromatic N) is 2. The summed E-state index contributed by atoms with van der Waals surface area (Å²) in [6.45, 7) is 2.09. The number of para-hydroxylation sites is 1. The van der Waals surface area contributed by atoms with Gasteiger partial charge in [0.1, 0.15) is 12.2 Å². The van der Waals surface area contributed by atoms with Gasteiger partial charge in [0.15, 0.2) is 0 Å². The molecule has 0 amide bonds. The van der Waals surface area contributed by atoms with E-state index in [1.807, 2.05) is 30.3 Å². The van der Waals surface area contributed by atoms with Gasteiger partial charge < -0.3 is 5.21 Å². The molecule has 0 heterocycles. The number of nitrogens with one attached hydrogen (secondary N) is 1. The zero-order valence-corrected chi connectivity index (χ0v) is 6.90. The van der Waals surface area contributed by atoms with E-state index in [2.05, 4.69) is 10.6 Å². The Bertz CT molecular complexity index is 258. The van der Waals surface area contributed by atoms with Crippen LogP contribution in [0.1, 0.15) is 6.92 Å². The Hall–Kier alpha value is -1.58. The minimum atomic E-state index is 0.347. The molecule has 0 aliphatic carbocycles. The minimum absolute atomic E-state index is 0.347. The van der Waals surface area contributed by atoms with E-state index in [0.29, 0.717) is 11.4 Å². The second kappa shape index (κ2) is 4.33. The minimum Gasteiger partial charge on any atom is -0.696 e. The number of rotatable bonds is 3. The molecule has 1 aromatic rings. The van der Waals surface area contributed by atoms with Crippen LogP contribution in [0.4, 0.5) is 5.69 Å². The average molecular weight is 165 g/mol. The van der Waals surface area contributed by atoms with Crippen LogP contribution in [-0.4, -0.2) is 11.4 Å². The molecule has 0 unspecified atom stereocenters. The van der Waals surface area contributed by atoms with Crippen molar-refractivity contribution >= 4 is 5.69 Å². The monoisotopic (exact) mass is 165 g/mol. The summed E-state index contributed by atoms with van der Waals surface area (Å²) >= 11 is 0. The van der Waals surface area contributed by atoms with Crippen molar-refractivity contribution in [2.75, 3.05) is 12.0 Å². The van der Waals surface area contributed by atoms with E-state index in [1.165, 1.54) is 0 Å². The highest BCUT2D eigenvalue weighted by atomic mass is 16.5. The van der Waals surface area contributed by atoms with Crippen molar-refractivity contribution in [1.82, 2.24) is 0 Å². The third-order valence-electron chi connectivity index (χ3n) is 1.33. The lowest BCUT2D eigenvalue weighted by molar-refractivity contribution is -0.524. The zero-order valence-electron chi connectivity index (χ0n) is 6.90. The molecule has 0 aromatic heterocycles. The van der Waals surface area contributed by atoms with E-state index in [9.17, 15) is 5.21 Å². The van der Waals surface area contributed by atoms with E-state index in [1.54, 1.807) is 6.92 Å². The van der Waals surface area contributed by atoms with Gasteiger partial charge in [-0.15, -0.1) is 5.43 Å². The lowest BCUT2D eigenvalue weighted by Crippen LogP contribution is -2.02. The van der Waals surface area contributed by atoms with E-state index < -0.39 is 0 Å². The second-order valence-electron chi connectivity index (χ2n) is 2.25. The van der Waals surface area contributed by atoms with E-state index >= 15 is 0 Å². The number of hydrogen-bond acceptors (Lipinski definition) is 2. The first kappa shape index (κ1) is 8.52. The van der Waals surface area contributed by atoms with E-state index in [-0.39, 0.29) is 0 Å². The first-order valence-corrected chi connectivity index (χ1v) is 3.79. The largest absolute Gasteiger partial charge is 0.696 e. The van der Waals surface area contributed by atoms with Gasteiger partial charge in [0, 0.05) is 0 Å². The maximum absolute atomic E-state index is 10.7. The van der Waals surface area contributed by atoms with Gasteiger partial charge >= 0.3 is 0 Å². The summed E-state index contributed by atoms with van der Waals surface area (Å²) in [5.74, 6) is 0. The van der Waals surface area contributed by atoms with Crippen molar-refractivity contribution in [3.05, 3.63) is 35.5 Å². The van der Waals surface area contributed by atoms with Crippen LogP contribution in [0.25, 0.3) is 0 Å². The fraction of sp³-hybridized carbons (Fsp3) is 0.250. The second-order valence-corrected chi connectivity index (χ2v) is 2.25. The topological polar surface area (TPSA) is 50.5 Å². The summed E-state index contributed by atoms with van der Waals surface area (Å²) in [5.41, 5.74) is 3.45. The molecular formula is C8H11N3O. The first-order chi connectivity index (χ1) is 5.83. The van der Waals surface area contributed by atoms with E-state index in [4.69, 9.17) is 0 Å². The standard InChI is InChI=1S/C8H11N3O/c1-2-11(12)10-9-8-6-4-3-5-7-8/h3-7,9H,2H2,1H3. The predicted molar refractivity (Wildman–Crippen MR) is 46.7 cm³/mol. The molecule has 1 rings (SSSR count). The first-order valence-electron chi connectivity index (χ1n) is 3.79. The van der Waals surface area contributed by atoms with Crippen LogP contribution in [0.15, 0.2) is 35.6 Å². The van der Waals surface area contributed by atoms with Crippen molar-refractivity contribution in [2.24, 2.45) is 5.22 Å². The van der Waals surface area contributed by atoms with Crippen molar-refractivity contribution in [2.45, 2.75) is 6.92 Å². The maximum Gasteiger partial charge on any atom is 0.146 e. The molecule has 0 bridgehead atoms. The molecule has 0 saturated carbocycles. The van der Waals surface area contributed by atoms with Gasteiger partial charge in [-0.2, -0.15) is 4.86 Å². The lowest BCUT2D eigenvalue weighted by atomic mass is 10.3. The summed E-state index contributed by atoms with van der Waals surface area (Å²) in [6, 6.07) is 9.33. The summed E-state index contributed by atoms with van der Waals surface area (Å²) in [7, 11) is 0. The molecule has 0 fully saturated rings. The molecule has 64 valence electrons. The Kier molecular flexibility index (Phi) is 3.07. The van der Waals surface area contributed by atoms with Crippen LogP contribution in [0.2, 0.25) is 0 Å². The molecule has 12 heavy (non-hydrogen) atoms. The smallest absolute Gasteiger partial charge is 0.146 e. The zero-order chi connectivity index (χ0) is 8.81. The molecule has 1 aromatic carbocycles. The normalized spacial score (nSPS) is 11.2. The van der Waals surface area contributed by atoms with Gasteiger partial charge in [-0.1, -0.05) is 18.2 Å². The molecule has 0 aliphatic heterocycles. The summed E-state index contributed by atoms with van der Waals surface area (Å²) in [6.07, 6.45) is 0. The lowest BCUT2D eigenvalue weighted by Gasteiger charge is -2.00. The van der Waals surface area contributed by atoms with Gasteiger partial charge in [0.25, 0.3) is 0 Å². The average Bonchev–Trinajstić information content (AvgIpc) is 2.16. The molecule has 0 spiro atoms. The van der Waals surface area contributed by atoms with Crippen LogP contribution < -0.4 is 5.43 Å². The van der Waals surface area contributed by atoms with Gasteiger partial charge in [-0.25, -0.2) is 0 Å². The van der Waals surface area contributed by atoms with Gasteiger partial charge in [0.2, 0.25) is 0 Å². The van der Waals surface area contributed by atoms with Gasteiger partial charge in [0.05, 0.1) is 5.22 Å². The predicted octanol–water partition coefficient (Wildman–Crippen LogP) is 2.00. The number of anilines is 1. The Morgan fingerprint density at radius 1 is 1.42 bits per heavy atom. The number of hydroxylamine groups is 1. The number of benzene rings is 1. The van der Waals surface area contributed by atoms with Gasteiger partial charge in [-0.3, -0.25) is 0 Å². The molecule has 0 radical (unpaired) electrons. The molecular weight excluding hydrogens is 154 g/mol. The molecule has 4 heteroatoms. The molecule has 0 atom stereocenters. The van der Waals surface area contributed by atoms with Crippen molar-refractivity contribution in [3.8, 4) is 0 Å². The summed E-state index contributed by atoms with van der Waals surface area (Å²) in [5, 5.41) is 14.2. The summed E-state index contributed by atoms with van der Waals surface area (Å²) in [4.78, 5) is 0.590.